The third kappa shape index (κ3) is 5.56. The van der Waals surface area contributed by atoms with E-state index in [2.05, 4.69) is 6.92 Å². The van der Waals surface area contributed by atoms with Crippen LogP contribution in [0.4, 0.5) is 13.2 Å². The number of halogens is 3. The van der Waals surface area contributed by atoms with E-state index in [1.807, 2.05) is 24.3 Å². The summed E-state index contributed by atoms with van der Waals surface area (Å²) in [5.41, 5.74) is 2.21. The van der Waals surface area contributed by atoms with Crippen LogP contribution in [-0.2, 0) is 22.1 Å². The Hall–Kier alpha value is -1.85. The minimum absolute atomic E-state index is 0.146. The first kappa shape index (κ1) is 19.9. The summed E-state index contributed by atoms with van der Waals surface area (Å²) < 4.78 is 49.5. The molecule has 1 aliphatic heterocycles. The molecule has 2 aromatic rings. The van der Waals surface area contributed by atoms with E-state index >= 15 is 0 Å². The van der Waals surface area contributed by atoms with Crippen LogP contribution in [-0.4, -0.2) is 19.5 Å². The average molecular weight is 378 g/mol. The first-order valence-corrected chi connectivity index (χ1v) is 9.45. The van der Waals surface area contributed by atoms with E-state index in [0.29, 0.717) is 5.92 Å². The monoisotopic (exact) mass is 378 g/mol. The Morgan fingerprint density at radius 2 is 1.41 bits per heavy atom. The molecular weight excluding hydrogens is 353 g/mol. The molecule has 1 saturated heterocycles. The van der Waals surface area contributed by atoms with Gasteiger partial charge in [0.1, 0.15) is 0 Å². The van der Waals surface area contributed by atoms with Gasteiger partial charge < -0.3 is 9.47 Å². The maximum Gasteiger partial charge on any atom is 0.416 e. The lowest BCUT2D eigenvalue weighted by Crippen LogP contribution is -2.32. The van der Waals surface area contributed by atoms with Gasteiger partial charge in [0.15, 0.2) is 6.29 Å². The summed E-state index contributed by atoms with van der Waals surface area (Å²) in [6.45, 7) is 3.71. The van der Waals surface area contributed by atoms with Gasteiger partial charge >= 0.3 is 6.18 Å². The van der Waals surface area contributed by atoms with Crippen molar-refractivity contribution in [2.45, 2.75) is 45.1 Å². The molecule has 2 nitrogen and oxygen atoms in total. The number of rotatable bonds is 6. The van der Waals surface area contributed by atoms with Crippen molar-refractivity contribution in [1.29, 1.82) is 0 Å². The van der Waals surface area contributed by atoms with Crippen molar-refractivity contribution in [3.63, 3.8) is 0 Å². The third-order valence-corrected chi connectivity index (χ3v) is 4.90. The molecule has 0 atom stereocenters. The zero-order valence-electron chi connectivity index (χ0n) is 15.5. The molecule has 0 N–H and O–H groups in total. The summed E-state index contributed by atoms with van der Waals surface area (Å²) in [6.07, 6.45) is -0.518. The van der Waals surface area contributed by atoms with E-state index < -0.39 is 11.7 Å². The first-order valence-electron chi connectivity index (χ1n) is 9.45. The van der Waals surface area contributed by atoms with Crippen LogP contribution in [0.1, 0.15) is 37.3 Å². The fourth-order valence-corrected chi connectivity index (χ4v) is 3.32. The molecule has 0 aromatic heterocycles. The number of benzene rings is 2. The van der Waals surface area contributed by atoms with Gasteiger partial charge in [-0.25, -0.2) is 0 Å². The Balaban J connectivity index is 1.52. The molecule has 0 radical (unpaired) electrons. The molecule has 0 bridgehead atoms. The van der Waals surface area contributed by atoms with Crippen LogP contribution in [0.3, 0.4) is 0 Å². The van der Waals surface area contributed by atoms with Crippen LogP contribution in [0.25, 0.3) is 11.1 Å². The average Bonchev–Trinajstić information content (AvgIpc) is 2.68. The smallest absolute Gasteiger partial charge is 0.352 e. The van der Waals surface area contributed by atoms with Crippen molar-refractivity contribution < 1.29 is 22.6 Å². The molecular formula is C22H25F3O2. The van der Waals surface area contributed by atoms with E-state index in [1.165, 1.54) is 12.1 Å². The number of hydrogen-bond donors (Lipinski definition) is 0. The molecule has 146 valence electrons. The summed E-state index contributed by atoms with van der Waals surface area (Å²) in [5, 5.41) is 0. The van der Waals surface area contributed by atoms with Gasteiger partial charge in [0, 0.05) is 12.3 Å². The van der Waals surface area contributed by atoms with Crippen molar-refractivity contribution in [2.75, 3.05) is 13.2 Å². The summed E-state index contributed by atoms with van der Waals surface area (Å²) in [5.74, 6) is 0.509. The van der Waals surface area contributed by atoms with Crippen LogP contribution in [0.15, 0.2) is 48.5 Å². The Morgan fingerprint density at radius 3 is 1.93 bits per heavy atom. The van der Waals surface area contributed by atoms with E-state index in [-0.39, 0.29) is 6.29 Å². The van der Waals surface area contributed by atoms with Gasteiger partial charge in [-0.05, 0) is 41.7 Å². The largest absolute Gasteiger partial charge is 0.416 e. The van der Waals surface area contributed by atoms with Crippen LogP contribution in [0, 0.1) is 5.92 Å². The lowest BCUT2D eigenvalue weighted by molar-refractivity contribution is -0.203. The molecule has 0 saturated carbocycles. The minimum atomic E-state index is -4.30. The Kier molecular flexibility index (Phi) is 6.55. The summed E-state index contributed by atoms with van der Waals surface area (Å²) in [7, 11) is 0. The highest BCUT2D eigenvalue weighted by Crippen LogP contribution is 2.31. The van der Waals surface area contributed by atoms with Crippen LogP contribution < -0.4 is 0 Å². The predicted octanol–water partition coefficient (Wildman–Crippen LogP) is 6.09. The second-order valence-electron chi connectivity index (χ2n) is 7.06. The molecule has 1 fully saturated rings. The SMILES string of the molecule is CCCC1COC(CCc2ccc(-c3ccc(C(F)(F)F)cc3)cc2)OC1. The zero-order valence-corrected chi connectivity index (χ0v) is 15.5. The van der Waals surface area contributed by atoms with E-state index in [4.69, 9.17) is 9.47 Å². The second kappa shape index (κ2) is 8.89. The lowest BCUT2D eigenvalue weighted by atomic mass is 10.0. The number of hydrogen-bond acceptors (Lipinski definition) is 2. The molecule has 0 spiro atoms. The predicted molar refractivity (Wildman–Crippen MR) is 99.3 cm³/mol. The quantitative estimate of drug-likeness (QED) is 0.605. The third-order valence-electron chi connectivity index (χ3n) is 4.90. The van der Waals surface area contributed by atoms with Crippen molar-refractivity contribution in [1.82, 2.24) is 0 Å². The van der Waals surface area contributed by atoms with Gasteiger partial charge in [-0.1, -0.05) is 49.7 Å². The highest BCUT2D eigenvalue weighted by Gasteiger charge is 2.30. The van der Waals surface area contributed by atoms with Crippen molar-refractivity contribution in [3.8, 4) is 11.1 Å². The molecule has 1 aliphatic rings. The Labute approximate surface area is 158 Å². The summed E-state index contributed by atoms with van der Waals surface area (Å²) in [4.78, 5) is 0. The normalized spacial score (nSPS) is 20.6. The molecule has 0 unspecified atom stereocenters. The van der Waals surface area contributed by atoms with Gasteiger partial charge in [-0.2, -0.15) is 13.2 Å². The van der Waals surface area contributed by atoms with Crippen molar-refractivity contribution in [3.05, 3.63) is 59.7 Å². The zero-order chi connectivity index (χ0) is 19.3. The summed E-state index contributed by atoms with van der Waals surface area (Å²) in [6, 6.07) is 13.2. The highest BCUT2D eigenvalue weighted by molar-refractivity contribution is 5.64. The van der Waals surface area contributed by atoms with E-state index in [0.717, 1.165) is 67.7 Å². The fraction of sp³-hybridized carbons (Fsp3) is 0.455. The van der Waals surface area contributed by atoms with Gasteiger partial charge in [0.25, 0.3) is 0 Å². The molecule has 27 heavy (non-hydrogen) atoms. The molecule has 3 rings (SSSR count). The lowest BCUT2D eigenvalue weighted by Gasteiger charge is -2.29. The fourth-order valence-electron chi connectivity index (χ4n) is 3.32. The van der Waals surface area contributed by atoms with Crippen molar-refractivity contribution >= 4 is 0 Å². The number of alkyl halides is 3. The summed E-state index contributed by atoms with van der Waals surface area (Å²) >= 11 is 0. The maximum absolute atomic E-state index is 12.7. The molecule has 2 aromatic carbocycles. The van der Waals surface area contributed by atoms with Gasteiger partial charge in [-0.15, -0.1) is 0 Å². The molecule has 0 amide bonds. The van der Waals surface area contributed by atoms with Gasteiger partial charge in [0.2, 0.25) is 0 Å². The van der Waals surface area contributed by atoms with E-state index in [9.17, 15) is 13.2 Å². The standard InChI is InChI=1S/C22H25F3O2/c1-2-3-17-14-26-21(27-15-17)13-6-16-4-7-18(8-5-16)19-9-11-20(12-10-19)22(23,24)25/h4-5,7-12,17,21H,2-3,6,13-15H2,1H3. The Morgan fingerprint density at radius 1 is 0.852 bits per heavy atom. The topological polar surface area (TPSA) is 18.5 Å². The van der Waals surface area contributed by atoms with E-state index in [1.54, 1.807) is 0 Å². The second-order valence-corrected chi connectivity index (χ2v) is 7.06. The van der Waals surface area contributed by atoms with Crippen LogP contribution >= 0.6 is 0 Å². The van der Waals surface area contributed by atoms with Crippen LogP contribution in [0.5, 0.6) is 0 Å². The minimum Gasteiger partial charge on any atom is -0.352 e. The number of aryl methyl sites for hydroxylation is 1. The van der Waals surface area contributed by atoms with Gasteiger partial charge in [0.05, 0.1) is 18.8 Å². The first-order chi connectivity index (χ1) is 13.0. The number of ether oxygens (including phenoxy) is 2. The molecule has 1 heterocycles. The van der Waals surface area contributed by atoms with Crippen molar-refractivity contribution in [2.24, 2.45) is 5.92 Å². The Bertz CT molecular complexity index is 700. The maximum atomic E-state index is 12.7. The molecule has 5 heteroatoms. The van der Waals surface area contributed by atoms with Crippen LogP contribution in [0.2, 0.25) is 0 Å². The highest BCUT2D eigenvalue weighted by atomic mass is 19.4. The van der Waals surface area contributed by atoms with Gasteiger partial charge in [-0.3, -0.25) is 0 Å². The molecule has 0 aliphatic carbocycles.